The van der Waals surface area contributed by atoms with Gasteiger partial charge in [-0.3, -0.25) is 4.79 Å². The van der Waals surface area contributed by atoms with Crippen LogP contribution in [0.4, 0.5) is 0 Å². The van der Waals surface area contributed by atoms with Gasteiger partial charge in [-0.1, -0.05) is 66.7 Å². The molecule has 7 heteroatoms. The van der Waals surface area contributed by atoms with Crippen molar-refractivity contribution in [2.24, 2.45) is 0 Å². The van der Waals surface area contributed by atoms with Gasteiger partial charge in [-0.25, -0.2) is 8.42 Å². The Hall–Kier alpha value is -3.58. The van der Waals surface area contributed by atoms with Crippen molar-refractivity contribution in [3.8, 4) is 5.75 Å². The Morgan fingerprint density at radius 2 is 1.64 bits per heavy atom. The van der Waals surface area contributed by atoms with Gasteiger partial charge in [-0.05, 0) is 29.7 Å². The van der Waals surface area contributed by atoms with Crippen molar-refractivity contribution >= 4 is 26.6 Å². The van der Waals surface area contributed by atoms with E-state index in [2.05, 4.69) is 5.32 Å². The van der Waals surface area contributed by atoms with Gasteiger partial charge in [0, 0.05) is 23.6 Å². The van der Waals surface area contributed by atoms with Crippen LogP contribution < -0.4 is 10.1 Å². The summed E-state index contributed by atoms with van der Waals surface area (Å²) in [6.45, 7) is 0.491. The molecule has 0 spiro atoms. The molecule has 0 radical (unpaired) electrons. The second-order valence-electron chi connectivity index (χ2n) is 7.79. The fraction of sp³-hybridized carbons (Fsp3) is 0.192. The summed E-state index contributed by atoms with van der Waals surface area (Å²) in [6, 6.07) is 24.1. The molecule has 0 aliphatic rings. The van der Waals surface area contributed by atoms with E-state index in [0.29, 0.717) is 23.9 Å². The van der Waals surface area contributed by atoms with Crippen LogP contribution >= 0.6 is 0 Å². The van der Waals surface area contributed by atoms with E-state index in [1.54, 1.807) is 36.1 Å². The first-order chi connectivity index (χ1) is 16.0. The van der Waals surface area contributed by atoms with Crippen LogP contribution in [0, 0.1) is 0 Å². The standard InChI is InChI=1S/C26H26N2O4S/c1-32-24-14-8-5-11-21(24)15-16-27-26(29)18-28-17-25(22-12-6-7-13-23(22)28)33(30,31)19-20-9-3-2-4-10-20/h2-14,17H,15-16,18-19H2,1H3,(H,27,29). The smallest absolute Gasteiger partial charge is 0.239 e. The van der Waals surface area contributed by atoms with Gasteiger partial charge in [0.25, 0.3) is 0 Å². The van der Waals surface area contributed by atoms with Crippen molar-refractivity contribution in [2.75, 3.05) is 13.7 Å². The van der Waals surface area contributed by atoms with E-state index >= 15 is 0 Å². The number of rotatable bonds is 9. The largest absolute Gasteiger partial charge is 0.496 e. The molecule has 1 N–H and O–H groups in total. The van der Waals surface area contributed by atoms with Crippen LogP contribution in [-0.2, 0) is 33.4 Å². The minimum atomic E-state index is -3.58. The minimum Gasteiger partial charge on any atom is -0.496 e. The zero-order valence-electron chi connectivity index (χ0n) is 18.4. The van der Waals surface area contributed by atoms with E-state index in [0.717, 1.165) is 16.9 Å². The van der Waals surface area contributed by atoms with Gasteiger partial charge in [0.1, 0.15) is 12.3 Å². The number of carbonyl (C=O) groups is 1. The summed E-state index contributed by atoms with van der Waals surface area (Å²) in [5.74, 6) is 0.515. The van der Waals surface area contributed by atoms with Crippen LogP contribution in [0.15, 0.2) is 90.0 Å². The summed E-state index contributed by atoms with van der Waals surface area (Å²) < 4.78 is 33.4. The van der Waals surface area contributed by atoms with Gasteiger partial charge in [0.05, 0.1) is 17.8 Å². The molecule has 6 nitrogen and oxygen atoms in total. The van der Waals surface area contributed by atoms with Gasteiger partial charge >= 0.3 is 0 Å². The van der Waals surface area contributed by atoms with E-state index in [1.165, 1.54) is 0 Å². The summed E-state index contributed by atoms with van der Waals surface area (Å²) in [4.78, 5) is 12.9. The number of hydrogen-bond acceptors (Lipinski definition) is 4. The zero-order chi connectivity index (χ0) is 23.3. The number of methoxy groups -OCH3 is 1. The molecule has 0 fully saturated rings. The highest BCUT2D eigenvalue weighted by Crippen LogP contribution is 2.28. The SMILES string of the molecule is COc1ccccc1CCNC(=O)Cn1cc(S(=O)(=O)Cc2ccccc2)c2ccccc21. The topological polar surface area (TPSA) is 77.4 Å². The summed E-state index contributed by atoms with van der Waals surface area (Å²) >= 11 is 0. The van der Waals surface area contributed by atoms with Crippen molar-refractivity contribution in [1.29, 1.82) is 0 Å². The molecular weight excluding hydrogens is 436 g/mol. The van der Waals surface area contributed by atoms with E-state index in [4.69, 9.17) is 4.74 Å². The maximum Gasteiger partial charge on any atom is 0.239 e. The molecule has 4 rings (SSSR count). The molecule has 3 aromatic carbocycles. The number of fused-ring (bicyclic) bond motifs is 1. The molecule has 33 heavy (non-hydrogen) atoms. The molecule has 0 unspecified atom stereocenters. The van der Waals surface area contributed by atoms with Gasteiger partial charge in [0.2, 0.25) is 5.91 Å². The number of benzene rings is 3. The number of carbonyl (C=O) groups excluding carboxylic acids is 1. The van der Waals surface area contributed by atoms with E-state index < -0.39 is 9.84 Å². The number of sulfone groups is 1. The van der Waals surface area contributed by atoms with Gasteiger partial charge in [0.15, 0.2) is 9.84 Å². The Labute approximate surface area is 193 Å². The first-order valence-electron chi connectivity index (χ1n) is 10.7. The molecule has 1 heterocycles. The summed E-state index contributed by atoms with van der Waals surface area (Å²) in [5, 5.41) is 3.54. The maximum atomic E-state index is 13.2. The Bertz CT molecular complexity index is 1360. The van der Waals surface area contributed by atoms with Gasteiger partial charge in [-0.15, -0.1) is 0 Å². The highest BCUT2D eigenvalue weighted by atomic mass is 32.2. The normalized spacial score (nSPS) is 11.4. The Kier molecular flexibility index (Phi) is 6.79. The van der Waals surface area contributed by atoms with Gasteiger partial charge in [-0.2, -0.15) is 0 Å². The first kappa shape index (κ1) is 22.6. The number of para-hydroxylation sites is 2. The lowest BCUT2D eigenvalue weighted by molar-refractivity contribution is -0.121. The fourth-order valence-electron chi connectivity index (χ4n) is 3.92. The first-order valence-corrected chi connectivity index (χ1v) is 12.4. The second kappa shape index (κ2) is 9.92. The second-order valence-corrected chi connectivity index (χ2v) is 9.75. The molecular formula is C26H26N2O4S. The summed E-state index contributed by atoms with van der Waals surface area (Å²) in [7, 11) is -1.96. The van der Waals surface area contributed by atoms with Crippen molar-refractivity contribution in [3.05, 3.63) is 96.2 Å². The summed E-state index contributed by atoms with van der Waals surface area (Å²) in [6.07, 6.45) is 2.21. The molecule has 1 aromatic heterocycles. The lowest BCUT2D eigenvalue weighted by Crippen LogP contribution is -2.29. The number of aromatic nitrogens is 1. The maximum absolute atomic E-state index is 13.2. The molecule has 0 saturated heterocycles. The third kappa shape index (κ3) is 5.26. The Morgan fingerprint density at radius 1 is 0.939 bits per heavy atom. The van der Waals surface area contributed by atoms with Crippen molar-refractivity contribution < 1.29 is 17.9 Å². The lowest BCUT2D eigenvalue weighted by Gasteiger charge is -2.10. The molecule has 4 aromatic rings. The van der Waals surface area contributed by atoms with Crippen LogP contribution in [0.1, 0.15) is 11.1 Å². The highest BCUT2D eigenvalue weighted by molar-refractivity contribution is 7.90. The number of ether oxygens (including phenoxy) is 1. The average molecular weight is 463 g/mol. The molecule has 0 aliphatic carbocycles. The third-order valence-electron chi connectivity index (χ3n) is 5.51. The highest BCUT2D eigenvalue weighted by Gasteiger charge is 2.22. The number of nitrogens with zero attached hydrogens (tertiary/aromatic N) is 1. The number of nitrogens with one attached hydrogen (secondary N) is 1. The Balaban J connectivity index is 1.50. The molecule has 0 aliphatic heterocycles. The van der Waals surface area contributed by atoms with Crippen LogP contribution in [-0.4, -0.2) is 32.5 Å². The monoisotopic (exact) mass is 462 g/mol. The Morgan fingerprint density at radius 3 is 2.42 bits per heavy atom. The molecule has 0 saturated carbocycles. The number of amides is 1. The molecule has 170 valence electrons. The van der Waals surface area contributed by atoms with Crippen LogP contribution in [0.2, 0.25) is 0 Å². The van der Waals surface area contributed by atoms with E-state index in [-0.39, 0.29) is 23.1 Å². The third-order valence-corrected chi connectivity index (χ3v) is 7.22. The molecule has 0 bridgehead atoms. The zero-order valence-corrected chi connectivity index (χ0v) is 19.2. The van der Waals surface area contributed by atoms with Crippen LogP contribution in [0.5, 0.6) is 5.75 Å². The summed E-state index contributed by atoms with van der Waals surface area (Å²) in [5.41, 5.74) is 2.45. The fourth-order valence-corrected chi connectivity index (χ4v) is 5.50. The van der Waals surface area contributed by atoms with Crippen LogP contribution in [0.25, 0.3) is 10.9 Å². The quantitative estimate of drug-likeness (QED) is 0.408. The predicted molar refractivity (Wildman–Crippen MR) is 129 cm³/mol. The number of hydrogen-bond donors (Lipinski definition) is 1. The van der Waals surface area contributed by atoms with Crippen molar-refractivity contribution in [3.63, 3.8) is 0 Å². The average Bonchev–Trinajstić information content (AvgIpc) is 3.19. The minimum absolute atomic E-state index is 0.0350. The van der Waals surface area contributed by atoms with Crippen molar-refractivity contribution in [2.45, 2.75) is 23.6 Å². The van der Waals surface area contributed by atoms with Crippen LogP contribution in [0.3, 0.4) is 0 Å². The molecule has 1 amide bonds. The van der Waals surface area contributed by atoms with E-state index in [9.17, 15) is 13.2 Å². The predicted octanol–water partition coefficient (Wildman–Crippen LogP) is 3.98. The van der Waals surface area contributed by atoms with E-state index in [1.807, 2.05) is 60.7 Å². The van der Waals surface area contributed by atoms with Crippen molar-refractivity contribution in [1.82, 2.24) is 9.88 Å². The molecule has 0 atom stereocenters. The van der Waals surface area contributed by atoms with Gasteiger partial charge < -0.3 is 14.6 Å². The lowest BCUT2D eigenvalue weighted by atomic mass is 10.1.